The molecule has 2 aromatic rings. The summed E-state index contributed by atoms with van der Waals surface area (Å²) in [6.45, 7) is 6.11. The topological polar surface area (TPSA) is 82.8 Å². The molecule has 0 unspecified atom stereocenters. The molecule has 0 bridgehead atoms. The van der Waals surface area contributed by atoms with Crippen molar-refractivity contribution < 1.29 is 4.42 Å². The predicted molar refractivity (Wildman–Crippen MR) is 54.3 cm³/mol. The summed E-state index contributed by atoms with van der Waals surface area (Å²) in [5.74, 6) is 1.89. The lowest BCUT2D eigenvalue weighted by Crippen LogP contribution is -2.04. The molecule has 0 aliphatic carbocycles. The Morgan fingerprint density at radius 2 is 2.07 bits per heavy atom. The smallest absolute Gasteiger partial charge is 0.216 e. The lowest BCUT2D eigenvalue weighted by molar-refractivity contribution is 0.440. The molecule has 6 heteroatoms. The number of anilines is 1. The van der Waals surface area contributed by atoms with Crippen LogP contribution in [0, 0.1) is 20.8 Å². The van der Waals surface area contributed by atoms with Gasteiger partial charge in [-0.1, -0.05) is 5.21 Å². The van der Waals surface area contributed by atoms with Gasteiger partial charge in [-0.15, -0.1) is 5.10 Å². The Morgan fingerprint density at radius 3 is 2.53 bits per heavy atom. The zero-order valence-corrected chi connectivity index (χ0v) is 8.98. The Hall–Kier alpha value is -1.85. The summed E-state index contributed by atoms with van der Waals surface area (Å²) < 4.78 is 7.11. The third-order valence-electron chi connectivity index (χ3n) is 2.38. The van der Waals surface area contributed by atoms with Gasteiger partial charge in [0.05, 0.1) is 11.4 Å². The molecule has 2 rings (SSSR count). The normalized spacial score (nSPS) is 10.9. The maximum atomic E-state index is 5.58. The van der Waals surface area contributed by atoms with Gasteiger partial charge in [0.15, 0.2) is 5.82 Å². The van der Waals surface area contributed by atoms with Gasteiger partial charge in [0.1, 0.15) is 12.3 Å². The highest BCUT2D eigenvalue weighted by Gasteiger charge is 2.10. The van der Waals surface area contributed by atoms with E-state index in [1.807, 2.05) is 20.8 Å². The molecule has 0 saturated heterocycles. The molecule has 0 aliphatic heterocycles. The van der Waals surface area contributed by atoms with E-state index in [0.717, 1.165) is 17.1 Å². The fourth-order valence-corrected chi connectivity index (χ4v) is 1.26. The van der Waals surface area contributed by atoms with Crippen LogP contribution in [-0.4, -0.2) is 20.0 Å². The number of hydrogen-bond acceptors (Lipinski definition) is 5. The van der Waals surface area contributed by atoms with Crippen LogP contribution in [0.3, 0.4) is 0 Å². The first kappa shape index (κ1) is 9.70. The van der Waals surface area contributed by atoms with E-state index in [9.17, 15) is 0 Å². The summed E-state index contributed by atoms with van der Waals surface area (Å²) in [6.07, 6.45) is 0. The van der Waals surface area contributed by atoms with Crippen molar-refractivity contribution in [3.05, 3.63) is 23.0 Å². The molecule has 80 valence electrons. The third-order valence-corrected chi connectivity index (χ3v) is 2.38. The van der Waals surface area contributed by atoms with Gasteiger partial charge in [0, 0.05) is 0 Å². The first-order valence-corrected chi connectivity index (χ1v) is 4.66. The molecular weight excluding hydrogens is 194 g/mol. The summed E-state index contributed by atoms with van der Waals surface area (Å²) in [5.41, 5.74) is 7.31. The van der Waals surface area contributed by atoms with Crippen LogP contribution >= 0.6 is 0 Å². The number of hydrogen-bond donors (Lipinski definition) is 1. The first-order valence-electron chi connectivity index (χ1n) is 4.66. The van der Waals surface area contributed by atoms with E-state index in [2.05, 4.69) is 15.3 Å². The van der Waals surface area contributed by atoms with E-state index in [1.54, 1.807) is 4.68 Å². The Balaban J connectivity index is 2.25. The minimum absolute atomic E-state index is 0.440. The van der Waals surface area contributed by atoms with E-state index >= 15 is 0 Å². The van der Waals surface area contributed by atoms with Gasteiger partial charge in [-0.2, -0.15) is 0 Å². The van der Waals surface area contributed by atoms with Crippen molar-refractivity contribution in [3.8, 4) is 0 Å². The van der Waals surface area contributed by atoms with Gasteiger partial charge in [-0.05, 0) is 20.8 Å². The Bertz CT molecular complexity index is 465. The number of oxazole rings is 1. The molecule has 0 amide bonds. The van der Waals surface area contributed by atoms with Gasteiger partial charge in [-0.3, -0.25) is 0 Å². The van der Waals surface area contributed by atoms with Crippen molar-refractivity contribution in [2.24, 2.45) is 0 Å². The van der Waals surface area contributed by atoms with Crippen molar-refractivity contribution in [1.82, 2.24) is 20.0 Å². The SMILES string of the molecule is Cc1nc(Cn2nnc(N)c2C)oc1C. The lowest BCUT2D eigenvalue weighted by atomic mass is 10.4. The third kappa shape index (κ3) is 1.70. The highest BCUT2D eigenvalue weighted by atomic mass is 16.4. The standard InChI is InChI=1S/C9H13N5O/c1-5-7(3)15-8(11-5)4-14-6(2)9(10)12-13-14/h4,10H2,1-3H3. The molecule has 0 saturated carbocycles. The number of aryl methyl sites for hydroxylation is 2. The van der Waals surface area contributed by atoms with Crippen LogP contribution in [0.2, 0.25) is 0 Å². The van der Waals surface area contributed by atoms with Crippen LogP contribution in [0.1, 0.15) is 23.0 Å². The van der Waals surface area contributed by atoms with E-state index in [0.29, 0.717) is 18.3 Å². The van der Waals surface area contributed by atoms with Crippen LogP contribution in [0.15, 0.2) is 4.42 Å². The maximum Gasteiger partial charge on any atom is 0.216 e. The molecule has 2 aromatic heterocycles. The second kappa shape index (κ2) is 3.38. The van der Waals surface area contributed by atoms with E-state index < -0.39 is 0 Å². The van der Waals surface area contributed by atoms with E-state index in [1.165, 1.54) is 0 Å². The highest BCUT2D eigenvalue weighted by molar-refractivity contribution is 5.31. The van der Waals surface area contributed by atoms with Gasteiger partial charge in [0.25, 0.3) is 0 Å². The number of nitrogens with two attached hydrogens (primary N) is 1. The molecule has 0 spiro atoms. The Kier molecular flexibility index (Phi) is 2.18. The van der Waals surface area contributed by atoms with E-state index in [-0.39, 0.29) is 0 Å². The fourth-order valence-electron chi connectivity index (χ4n) is 1.26. The van der Waals surface area contributed by atoms with Crippen molar-refractivity contribution in [2.45, 2.75) is 27.3 Å². The molecule has 2 heterocycles. The summed E-state index contributed by atoms with van der Waals surface area (Å²) in [6, 6.07) is 0. The monoisotopic (exact) mass is 207 g/mol. The van der Waals surface area contributed by atoms with Crippen LogP contribution in [0.4, 0.5) is 5.82 Å². The maximum absolute atomic E-state index is 5.58. The minimum Gasteiger partial charge on any atom is -0.444 e. The van der Waals surface area contributed by atoms with Crippen LogP contribution in [-0.2, 0) is 6.54 Å². The Labute approximate surface area is 87.1 Å². The molecule has 2 N–H and O–H groups in total. The van der Waals surface area contributed by atoms with Crippen molar-refractivity contribution >= 4 is 5.82 Å². The summed E-state index contributed by atoms with van der Waals surface area (Å²) in [4.78, 5) is 4.26. The second-order valence-corrected chi connectivity index (χ2v) is 3.47. The average molecular weight is 207 g/mol. The van der Waals surface area contributed by atoms with Gasteiger partial charge >= 0.3 is 0 Å². The quantitative estimate of drug-likeness (QED) is 0.788. The van der Waals surface area contributed by atoms with Gasteiger partial charge in [0.2, 0.25) is 5.89 Å². The summed E-state index contributed by atoms with van der Waals surface area (Å²) in [5, 5.41) is 7.65. The Morgan fingerprint density at radius 1 is 1.33 bits per heavy atom. The highest BCUT2D eigenvalue weighted by Crippen LogP contribution is 2.11. The zero-order chi connectivity index (χ0) is 11.0. The molecule has 15 heavy (non-hydrogen) atoms. The number of nitrogen functional groups attached to an aromatic ring is 1. The molecule has 0 radical (unpaired) electrons. The van der Waals surface area contributed by atoms with Crippen molar-refractivity contribution in [2.75, 3.05) is 5.73 Å². The molecule has 0 fully saturated rings. The molecular formula is C9H13N5O. The zero-order valence-electron chi connectivity index (χ0n) is 8.98. The minimum atomic E-state index is 0.440. The van der Waals surface area contributed by atoms with Crippen molar-refractivity contribution in [1.29, 1.82) is 0 Å². The fraction of sp³-hybridized carbons (Fsp3) is 0.444. The largest absolute Gasteiger partial charge is 0.444 e. The number of nitrogens with zero attached hydrogens (tertiary/aromatic N) is 4. The van der Waals surface area contributed by atoms with Gasteiger partial charge in [-0.25, -0.2) is 9.67 Å². The van der Waals surface area contributed by atoms with Crippen LogP contribution in [0.5, 0.6) is 0 Å². The molecule has 6 nitrogen and oxygen atoms in total. The predicted octanol–water partition coefficient (Wildman–Crippen LogP) is 0.822. The first-order chi connectivity index (χ1) is 7.08. The number of aromatic nitrogens is 4. The molecule has 0 atom stereocenters. The second-order valence-electron chi connectivity index (χ2n) is 3.47. The average Bonchev–Trinajstić information content (AvgIpc) is 2.65. The number of rotatable bonds is 2. The van der Waals surface area contributed by atoms with Gasteiger partial charge < -0.3 is 10.2 Å². The van der Waals surface area contributed by atoms with E-state index in [4.69, 9.17) is 10.2 Å². The van der Waals surface area contributed by atoms with Crippen LogP contribution in [0.25, 0.3) is 0 Å². The van der Waals surface area contributed by atoms with Crippen LogP contribution < -0.4 is 5.73 Å². The molecule has 0 aliphatic rings. The molecule has 0 aromatic carbocycles. The summed E-state index contributed by atoms with van der Waals surface area (Å²) >= 11 is 0. The summed E-state index contributed by atoms with van der Waals surface area (Å²) in [7, 11) is 0. The lowest BCUT2D eigenvalue weighted by Gasteiger charge is -1.98. The van der Waals surface area contributed by atoms with Crippen molar-refractivity contribution in [3.63, 3.8) is 0 Å².